The molecule has 0 saturated carbocycles. The van der Waals surface area contributed by atoms with Crippen LogP contribution in [0.4, 0.5) is 0 Å². The molecule has 1 unspecified atom stereocenters. The molecule has 1 aromatic carbocycles. The summed E-state index contributed by atoms with van der Waals surface area (Å²) in [7, 11) is 0. The van der Waals surface area contributed by atoms with Crippen LogP contribution in [-0.2, 0) is 5.41 Å². The van der Waals surface area contributed by atoms with E-state index in [1.807, 2.05) is 19.9 Å². The van der Waals surface area contributed by atoms with Gasteiger partial charge in [0.25, 0.3) is 0 Å². The first-order valence-electron chi connectivity index (χ1n) is 6.20. The third-order valence-electron chi connectivity index (χ3n) is 3.33. The van der Waals surface area contributed by atoms with E-state index in [-0.39, 0.29) is 17.3 Å². The molecule has 1 aliphatic heterocycles. The minimum absolute atomic E-state index is 0.0599. The number of carbonyl (C=O) groups excluding carboxylic acids is 1. The maximum Gasteiger partial charge on any atom is 0.207 e. The first-order valence-corrected chi connectivity index (χ1v) is 6.20. The Morgan fingerprint density at radius 3 is 2.47 bits per heavy atom. The number of benzene rings is 1. The second kappa shape index (κ2) is 3.86. The van der Waals surface area contributed by atoms with Gasteiger partial charge in [-0.25, -0.2) is 0 Å². The summed E-state index contributed by atoms with van der Waals surface area (Å²) < 4.78 is 5.72. The molecule has 0 aliphatic carbocycles. The lowest BCUT2D eigenvalue weighted by molar-refractivity contribution is 0.0852. The molecule has 0 fully saturated rings. The van der Waals surface area contributed by atoms with Gasteiger partial charge in [-0.2, -0.15) is 0 Å². The minimum atomic E-state index is -0.279. The maximum absolute atomic E-state index is 12.1. The van der Waals surface area contributed by atoms with Gasteiger partial charge in [0.1, 0.15) is 5.75 Å². The molecule has 0 saturated heterocycles. The Hall–Kier alpha value is -1.31. The lowest BCUT2D eigenvalue weighted by Crippen LogP contribution is -2.18. The van der Waals surface area contributed by atoms with E-state index in [4.69, 9.17) is 4.74 Å². The molecular weight excluding hydrogens is 212 g/mol. The van der Waals surface area contributed by atoms with Crippen molar-refractivity contribution in [1.29, 1.82) is 0 Å². The second-order valence-corrected chi connectivity index (χ2v) is 5.80. The Balaban J connectivity index is 2.54. The zero-order valence-corrected chi connectivity index (χ0v) is 11.3. The van der Waals surface area contributed by atoms with Gasteiger partial charge in [-0.3, -0.25) is 4.79 Å². The molecule has 17 heavy (non-hydrogen) atoms. The van der Waals surface area contributed by atoms with Gasteiger partial charge in [-0.1, -0.05) is 33.8 Å². The number of hydrogen-bond donors (Lipinski definition) is 0. The fourth-order valence-electron chi connectivity index (χ4n) is 2.18. The van der Waals surface area contributed by atoms with Gasteiger partial charge in [0.15, 0.2) is 6.10 Å². The molecule has 1 heterocycles. The molecular formula is C15H20O2. The lowest BCUT2D eigenvalue weighted by atomic mass is 9.84. The molecule has 0 amide bonds. The molecule has 1 aliphatic rings. The van der Waals surface area contributed by atoms with Crippen LogP contribution in [0.15, 0.2) is 12.1 Å². The van der Waals surface area contributed by atoms with E-state index in [1.54, 1.807) is 0 Å². The quantitative estimate of drug-likeness (QED) is 0.738. The molecule has 0 bridgehead atoms. The van der Waals surface area contributed by atoms with Crippen LogP contribution in [0, 0.1) is 6.92 Å². The van der Waals surface area contributed by atoms with Crippen LogP contribution in [0.5, 0.6) is 5.75 Å². The van der Waals surface area contributed by atoms with Gasteiger partial charge in [0, 0.05) is 0 Å². The SMILES string of the molecule is CCC1Oc2c(C)cc(C(C)(C)C)cc2C1=O. The minimum Gasteiger partial charge on any atom is -0.481 e. The van der Waals surface area contributed by atoms with Crippen molar-refractivity contribution >= 4 is 5.78 Å². The second-order valence-electron chi connectivity index (χ2n) is 5.80. The number of carbonyl (C=O) groups is 1. The Labute approximate surface area is 103 Å². The highest BCUT2D eigenvalue weighted by atomic mass is 16.5. The van der Waals surface area contributed by atoms with Crippen LogP contribution >= 0.6 is 0 Å². The Morgan fingerprint density at radius 2 is 1.94 bits per heavy atom. The molecule has 0 radical (unpaired) electrons. The van der Waals surface area contributed by atoms with Crippen molar-refractivity contribution in [1.82, 2.24) is 0 Å². The third kappa shape index (κ3) is 1.97. The zero-order valence-electron chi connectivity index (χ0n) is 11.3. The summed E-state index contributed by atoms with van der Waals surface area (Å²) in [4.78, 5) is 12.1. The molecule has 2 nitrogen and oxygen atoms in total. The highest BCUT2D eigenvalue weighted by molar-refractivity contribution is 6.05. The fraction of sp³-hybridized carbons (Fsp3) is 0.533. The predicted molar refractivity (Wildman–Crippen MR) is 68.9 cm³/mol. The monoisotopic (exact) mass is 232 g/mol. The lowest BCUT2D eigenvalue weighted by Gasteiger charge is -2.20. The number of ether oxygens (including phenoxy) is 1. The summed E-state index contributed by atoms with van der Waals surface area (Å²) in [6.07, 6.45) is 0.455. The molecule has 2 rings (SSSR count). The van der Waals surface area contributed by atoms with E-state index in [0.29, 0.717) is 0 Å². The van der Waals surface area contributed by atoms with Crippen LogP contribution in [0.25, 0.3) is 0 Å². The molecule has 2 heteroatoms. The summed E-state index contributed by atoms with van der Waals surface area (Å²) in [5.41, 5.74) is 3.09. The van der Waals surface area contributed by atoms with Crippen molar-refractivity contribution in [3.05, 3.63) is 28.8 Å². The molecule has 0 aromatic heterocycles. The number of ketones is 1. The van der Waals surface area contributed by atoms with E-state index in [9.17, 15) is 4.79 Å². The Morgan fingerprint density at radius 1 is 1.29 bits per heavy atom. The van der Waals surface area contributed by atoms with Gasteiger partial charge in [0.2, 0.25) is 5.78 Å². The van der Waals surface area contributed by atoms with E-state index < -0.39 is 0 Å². The zero-order chi connectivity index (χ0) is 12.8. The number of rotatable bonds is 1. The standard InChI is InChI=1S/C15H20O2/c1-6-12-13(16)11-8-10(15(3,4)5)7-9(2)14(11)17-12/h7-8,12H,6H2,1-5H3. The van der Waals surface area contributed by atoms with Crippen molar-refractivity contribution in [2.24, 2.45) is 0 Å². The number of fused-ring (bicyclic) bond motifs is 1. The van der Waals surface area contributed by atoms with Crippen molar-refractivity contribution in [3.63, 3.8) is 0 Å². The highest BCUT2D eigenvalue weighted by Crippen LogP contribution is 2.37. The van der Waals surface area contributed by atoms with E-state index >= 15 is 0 Å². The number of hydrogen-bond acceptors (Lipinski definition) is 2. The summed E-state index contributed by atoms with van der Waals surface area (Å²) >= 11 is 0. The van der Waals surface area contributed by atoms with Crippen molar-refractivity contribution < 1.29 is 9.53 Å². The summed E-state index contributed by atoms with van der Waals surface area (Å²) in [6, 6.07) is 4.13. The average molecular weight is 232 g/mol. The van der Waals surface area contributed by atoms with Crippen LogP contribution in [0.3, 0.4) is 0 Å². The predicted octanol–water partition coefficient (Wildman–Crippen LogP) is 3.65. The van der Waals surface area contributed by atoms with Crippen LogP contribution in [0.1, 0.15) is 55.6 Å². The normalized spacial score (nSPS) is 19.1. The van der Waals surface area contributed by atoms with Crippen molar-refractivity contribution in [2.45, 2.75) is 52.6 Å². The molecule has 1 atom stereocenters. The van der Waals surface area contributed by atoms with Crippen LogP contribution in [0.2, 0.25) is 0 Å². The van der Waals surface area contributed by atoms with Gasteiger partial charge in [-0.05, 0) is 36.0 Å². The summed E-state index contributed by atoms with van der Waals surface area (Å²) in [5, 5.41) is 0. The molecule has 92 valence electrons. The summed E-state index contributed by atoms with van der Waals surface area (Å²) in [5.74, 6) is 0.923. The van der Waals surface area contributed by atoms with Crippen molar-refractivity contribution in [2.75, 3.05) is 0 Å². The first-order chi connectivity index (χ1) is 7.84. The first kappa shape index (κ1) is 12.2. The fourth-order valence-corrected chi connectivity index (χ4v) is 2.18. The smallest absolute Gasteiger partial charge is 0.207 e. The molecule has 0 N–H and O–H groups in total. The van der Waals surface area contributed by atoms with Gasteiger partial charge < -0.3 is 4.74 Å². The number of Topliss-reactive ketones (excluding diaryl/α,β-unsaturated/α-hetero) is 1. The van der Waals surface area contributed by atoms with Gasteiger partial charge in [-0.15, -0.1) is 0 Å². The number of aryl methyl sites for hydroxylation is 1. The van der Waals surface area contributed by atoms with Gasteiger partial charge >= 0.3 is 0 Å². The van der Waals surface area contributed by atoms with Crippen LogP contribution < -0.4 is 4.74 Å². The largest absolute Gasteiger partial charge is 0.481 e. The van der Waals surface area contributed by atoms with Gasteiger partial charge in [0.05, 0.1) is 5.56 Å². The average Bonchev–Trinajstić information content (AvgIpc) is 2.55. The molecule has 1 aromatic rings. The third-order valence-corrected chi connectivity index (χ3v) is 3.33. The van der Waals surface area contributed by atoms with E-state index in [0.717, 1.165) is 23.3 Å². The van der Waals surface area contributed by atoms with Crippen molar-refractivity contribution in [3.8, 4) is 5.75 Å². The Bertz CT molecular complexity index is 467. The Kier molecular flexibility index (Phi) is 2.76. The topological polar surface area (TPSA) is 26.3 Å². The highest BCUT2D eigenvalue weighted by Gasteiger charge is 2.33. The molecule has 0 spiro atoms. The van der Waals surface area contributed by atoms with E-state index in [1.165, 1.54) is 5.56 Å². The summed E-state index contributed by atoms with van der Waals surface area (Å²) in [6.45, 7) is 10.5. The maximum atomic E-state index is 12.1. The van der Waals surface area contributed by atoms with E-state index in [2.05, 4.69) is 26.8 Å². The van der Waals surface area contributed by atoms with Crippen LogP contribution in [-0.4, -0.2) is 11.9 Å².